The van der Waals surface area contributed by atoms with Crippen LogP contribution in [0.15, 0.2) is 6.07 Å². The van der Waals surface area contributed by atoms with Gasteiger partial charge in [-0.1, -0.05) is 0 Å². The zero-order valence-corrected chi connectivity index (χ0v) is 16.7. The van der Waals surface area contributed by atoms with Gasteiger partial charge in [-0.25, -0.2) is 0 Å². The fourth-order valence-corrected chi connectivity index (χ4v) is 5.34. The van der Waals surface area contributed by atoms with Gasteiger partial charge >= 0.3 is 0 Å². The summed E-state index contributed by atoms with van der Waals surface area (Å²) >= 11 is 1.53. The quantitative estimate of drug-likeness (QED) is 0.572. The van der Waals surface area contributed by atoms with Crippen molar-refractivity contribution in [2.75, 3.05) is 32.9 Å². The summed E-state index contributed by atoms with van der Waals surface area (Å²) in [6.07, 6.45) is 1.69. The fraction of sp³-hybridized carbons (Fsp3) is 0.722. The van der Waals surface area contributed by atoms with Crippen molar-refractivity contribution in [2.45, 2.75) is 49.5 Å². The predicted molar refractivity (Wildman–Crippen MR) is 104 cm³/mol. The van der Waals surface area contributed by atoms with E-state index in [4.69, 9.17) is 9.47 Å². The molecule has 1 amide bonds. The third-order valence-electron chi connectivity index (χ3n) is 5.69. The number of ether oxygens (including phenoxy) is 2. The first-order valence-corrected chi connectivity index (χ1v) is 10.1. The second-order valence-corrected chi connectivity index (χ2v) is 8.38. The van der Waals surface area contributed by atoms with Crippen LogP contribution in [0.1, 0.15) is 39.4 Å². The van der Waals surface area contributed by atoms with Gasteiger partial charge in [0.05, 0.1) is 29.7 Å². The molecule has 3 atom stereocenters. The van der Waals surface area contributed by atoms with Gasteiger partial charge in [-0.05, 0) is 44.0 Å². The van der Waals surface area contributed by atoms with Crippen LogP contribution in [0.5, 0.6) is 0 Å². The molecule has 3 aliphatic rings. The monoisotopic (exact) mass is 418 g/mol. The van der Waals surface area contributed by atoms with Crippen molar-refractivity contribution < 1.29 is 24.5 Å². The SMILES string of the molecule is Cl.O=C(N[C@H]1CCO[C@H](CO)[C@H]1O)c1cc2c(s1)CCOC21CCNCC1. The number of aliphatic hydroxyl groups excluding tert-OH is 2. The Balaban J connectivity index is 0.00000210. The van der Waals surface area contributed by atoms with E-state index in [1.807, 2.05) is 6.07 Å². The van der Waals surface area contributed by atoms with Crippen molar-refractivity contribution in [3.05, 3.63) is 21.4 Å². The molecule has 0 aromatic carbocycles. The van der Waals surface area contributed by atoms with E-state index >= 15 is 0 Å². The normalized spacial score (nSPS) is 29.6. The minimum atomic E-state index is -0.897. The highest BCUT2D eigenvalue weighted by molar-refractivity contribution is 7.14. The highest BCUT2D eigenvalue weighted by Gasteiger charge is 2.41. The molecule has 0 bridgehead atoms. The third-order valence-corrected chi connectivity index (χ3v) is 6.89. The van der Waals surface area contributed by atoms with Crippen molar-refractivity contribution >= 4 is 29.7 Å². The van der Waals surface area contributed by atoms with Gasteiger partial charge in [-0.3, -0.25) is 4.79 Å². The maximum absolute atomic E-state index is 12.8. The molecule has 0 saturated carbocycles. The van der Waals surface area contributed by atoms with Crippen molar-refractivity contribution in [2.24, 2.45) is 0 Å². The molecule has 0 aliphatic carbocycles. The molecule has 2 saturated heterocycles. The second kappa shape index (κ2) is 8.73. The topological polar surface area (TPSA) is 100 Å². The number of piperidine rings is 1. The number of thiophene rings is 1. The molecule has 0 radical (unpaired) electrons. The Bertz CT molecular complexity index is 664. The van der Waals surface area contributed by atoms with Crippen molar-refractivity contribution in [3.63, 3.8) is 0 Å². The molecule has 0 unspecified atom stereocenters. The maximum Gasteiger partial charge on any atom is 0.261 e. The number of aliphatic hydroxyl groups is 2. The van der Waals surface area contributed by atoms with E-state index in [1.54, 1.807) is 0 Å². The average Bonchev–Trinajstić information content (AvgIpc) is 3.10. The molecule has 152 valence electrons. The second-order valence-electron chi connectivity index (χ2n) is 7.24. The number of halogens is 1. The number of hydrogen-bond donors (Lipinski definition) is 4. The lowest BCUT2D eigenvalue weighted by Gasteiger charge is -2.40. The molecule has 2 fully saturated rings. The van der Waals surface area contributed by atoms with Crippen LogP contribution in [-0.2, 0) is 21.5 Å². The van der Waals surface area contributed by atoms with Crippen LogP contribution < -0.4 is 10.6 Å². The number of carbonyl (C=O) groups is 1. The number of hydrogen-bond acceptors (Lipinski definition) is 7. The standard InChI is InChI=1S/C18H26N2O5S.ClH/c21-10-13-16(22)12(1-7-24-13)20-17(23)15-9-11-14(26-15)2-8-25-18(11)3-5-19-6-4-18;/h9,12-13,16,19,21-22H,1-8,10H2,(H,20,23);1H/t12-,13+,16-;/m0./s1. The largest absolute Gasteiger partial charge is 0.394 e. The molecule has 7 nitrogen and oxygen atoms in total. The molecular formula is C18H27ClN2O5S. The van der Waals surface area contributed by atoms with Crippen LogP contribution in [-0.4, -0.2) is 67.3 Å². The Morgan fingerprint density at radius 3 is 2.89 bits per heavy atom. The molecule has 3 aliphatic heterocycles. The van der Waals surface area contributed by atoms with Gasteiger partial charge in [0.2, 0.25) is 0 Å². The Morgan fingerprint density at radius 1 is 1.37 bits per heavy atom. The van der Waals surface area contributed by atoms with Crippen LogP contribution in [0.3, 0.4) is 0 Å². The molecule has 27 heavy (non-hydrogen) atoms. The highest BCUT2D eigenvalue weighted by atomic mass is 35.5. The van der Waals surface area contributed by atoms with Crippen LogP contribution >= 0.6 is 23.7 Å². The molecule has 9 heteroatoms. The summed E-state index contributed by atoms with van der Waals surface area (Å²) in [5, 5.41) is 25.8. The number of rotatable bonds is 3. The van der Waals surface area contributed by atoms with Crippen LogP contribution in [0.25, 0.3) is 0 Å². The summed E-state index contributed by atoms with van der Waals surface area (Å²) in [7, 11) is 0. The average molecular weight is 419 g/mol. The van der Waals surface area contributed by atoms with E-state index in [0.717, 1.165) is 32.4 Å². The van der Waals surface area contributed by atoms with Crippen LogP contribution in [0, 0.1) is 0 Å². The van der Waals surface area contributed by atoms with Crippen molar-refractivity contribution in [1.82, 2.24) is 10.6 Å². The summed E-state index contributed by atoms with van der Waals surface area (Å²) in [6.45, 7) is 2.71. The lowest BCUT2D eigenvalue weighted by molar-refractivity contribution is -0.107. The third kappa shape index (κ3) is 4.03. The van der Waals surface area contributed by atoms with E-state index in [0.29, 0.717) is 24.5 Å². The Morgan fingerprint density at radius 2 is 2.15 bits per heavy atom. The predicted octanol–water partition coefficient (Wildman–Crippen LogP) is 0.562. The number of carbonyl (C=O) groups excluding carboxylic acids is 1. The lowest BCUT2D eigenvalue weighted by atomic mass is 9.83. The van der Waals surface area contributed by atoms with Gasteiger partial charge in [0.25, 0.3) is 5.91 Å². The first-order valence-electron chi connectivity index (χ1n) is 9.32. The van der Waals surface area contributed by atoms with Gasteiger partial charge in [-0.2, -0.15) is 0 Å². The minimum absolute atomic E-state index is 0. The van der Waals surface area contributed by atoms with Crippen molar-refractivity contribution in [3.8, 4) is 0 Å². The van der Waals surface area contributed by atoms with Crippen molar-refractivity contribution in [1.29, 1.82) is 0 Å². The van der Waals surface area contributed by atoms with Gasteiger partial charge < -0.3 is 30.3 Å². The Hall–Kier alpha value is -0.740. The molecule has 1 aromatic heterocycles. The Labute approximate surface area is 168 Å². The summed E-state index contributed by atoms with van der Waals surface area (Å²) in [5.74, 6) is -0.170. The maximum atomic E-state index is 12.8. The molecule has 1 aromatic rings. The molecule has 4 N–H and O–H groups in total. The zero-order valence-electron chi connectivity index (χ0n) is 15.1. The van der Waals surface area contributed by atoms with Gasteiger partial charge in [0.15, 0.2) is 0 Å². The summed E-state index contributed by atoms with van der Waals surface area (Å²) in [5.41, 5.74) is 0.912. The summed E-state index contributed by atoms with van der Waals surface area (Å²) in [6, 6.07) is 1.58. The summed E-state index contributed by atoms with van der Waals surface area (Å²) in [4.78, 5) is 14.7. The molecule has 4 rings (SSSR count). The smallest absolute Gasteiger partial charge is 0.261 e. The van der Waals surface area contributed by atoms with E-state index < -0.39 is 18.2 Å². The van der Waals surface area contributed by atoms with E-state index in [1.165, 1.54) is 21.8 Å². The van der Waals surface area contributed by atoms with Gasteiger partial charge in [-0.15, -0.1) is 23.7 Å². The number of fused-ring (bicyclic) bond motifs is 2. The first kappa shape index (κ1) is 21.0. The first-order chi connectivity index (χ1) is 12.6. The fourth-order valence-electron chi connectivity index (χ4n) is 4.21. The van der Waals surface area contributed by atoms with Crippen LogP contribution in [0.2, 0.25) is 0 Å². The van der Waals surface area contributed by atoms with E-state index in [9.17, 15) is 15.0 Å². The molecular weight excluding hydrogens is 392 g/mol. The van der Waals surface area contributed by atoms with E-state index in [2.05, 4.69) is 10.6 Å². The highest BCUT2D eigenvalue weighted by Crippen LogP contribution is 2.43. The van der Waals surface area contributed by atoms with Gasteiger partial charge in [0.1, 0.15) is 12.2 Å². The van der Waals surface area contributed by atoms with Crippen LogP contribution in [0.4, 0.5) is 0 Å². The van der Waals surface area contributed by atoms with Gasteiger partial charge in [0, 0.05) is 17.9 Å². The molecule has 1 spiro atoms. The Kier molecular flexibility index (Phi) is 6.79. The number of amides is 1. The van der Waals surface area contributed by atoms with E-state index in [-0.39, 0.29) is 30.5 Å². The molecule has 4 heterocycles. The minimum Gasteiger partial charge on any atom is -0.394 e. The lowest BCUT2D eigenvalue weighted by Crippen LogP contribution is -2.54. The number of nitrogens with one attached hydrogen (secondary N) is 2. The zero-order chi connectivity index (χ0) is 18.1. The summed E-state index contributed by atoms with van der Waals surface area (Å²) < 4.78 is 11.5.